The molecule has 3 heteroatoms. The maximum absolute atomic E-state index is 5.51. The first-order chi connectivity index (χ1) is 4.27. The Morgan fingerprint density at radius 1 is 1.56 bits per heavy atom. The van der Waals surface area contributed by atoms with E-state index in [1.165, 1.54) is 0 Å². The molecule has 0 aromatic rings. The molecule has 0 rings (SSSR count). The Kier molecular flexibility index (Phi) is 5.93. The van der Waals surface area contributed by atoms with Gasteiger partial charge in [-0.15, -0.1) is 0 Å². The highest BCUT2D eigenvalue weighted by Crippen LogP contribution is 1.80. The minimum Gasteiger partial charge on any atom is -0.328 e. The molecule has 0 saturated heterocycles. The van der Waals surface area contributed by atoms with Gasteiger partial charge in [0.2, 0.25) is 0 Å². The normalized spacial score (nSPS) is 13.7. The van der Waals surface area contributed by atoms with Crippen LogP contribution in [0.3, 0.4) is 0 Å². The van der Waals surface area contributed by atoms with E-state index in [0.717, 1.165) is 19.6 Å². The van der Waals surface area contributed by atoms with Crippen LogP contribution < -0.4 is 16.4 Å². The molecule has 0 bridgehead atoms. The summed E-state index contributed by atoms with van der Waals surface area (Å²) in [5, 5.41) is 6.16. The molecule has 1 atom stereocenters. The van der Waals surface area contributed by atoms with Gasteiger partial charge in [-0.3, -0.25) is 0 Å². The van der Waals surface area contributed by atoms with Gasteiger partial charge in [-0.1, -0.05) is 0 Å². The Labute approximate surface area is 57.0 Å². The van der Waals surface area contributed by atoms with Crippen molar-refractivity contribution in [1.29, 1.82) is 0 Å². The summed E-state index contributed by atoms with van der Waals surface area (Å²) < 4.78 is 0. The van der Waals surface area contributed by atoms with Gasteiger partial charge in [-0.2, -0.15) is 0 Å². The molecule has 0 radical (unpaired) electrons. The van der Waals surface area contributed by atoms with Gasteiger partial charge in [-0.25, -0.2) is 0 Å². The Hall–Kier alpha value is -0.120. The molecule has 56 valence electrons. The first-order valence-corrected chi connectivity index (χ1v) is 3.38. The molecular formula is C6H17N3. The van der Waals surface area contributed by atoms with Crippen molar-refractivity contribution in [3.8, 4) is 0 Å². The van der Waals surface area contributed by atoms with Crippen LogP contribution in [0, 0.1) is 0 Å². The Balaban J connectivity index is 2.75. The molecule has 9 heavy (non-hydrogen) atoms. The first-order valence-electron chi connectivity index (χ1n) is 3.38. The Morgan fingerprint density at radius 2 is 2.22 bits per heavy atom. The average molecular weight is 131 g/mol. The summed E-state index contributed by atoms with van der Waals surface area (Å²) in [5.74, 6) is 0. The zero-order valence-electron chi connectivity index (χ0n) is 6.28. The molecule has 3 nitrogen and oxygen atoms in total. The minimum absolute atomic E-state index is 0.314. The van der Waals surface area contributed by atoms with Crippen LogP contribution in [0.4, 0.5) is 0 Å². The van der Waals surface area contributed by atoms with E-state index < -0.39 is 0 Å². The fourth-order valence-corrected chi connectivity index (χ4v) is 0.543. The summed E-state index contributed by atoms with van der Waals surface area (Å²) in [7, 11) is 1.92. The zero-order valence-corrected chi connectivity index (χ0v) is 6.28. The van der Waals surface area contributed by atoms with Gasteiger partial charge in [0.05, 0.1) is 0 Å². The third-order valence-corrected chi connectivity index (χ3v) is 1.08. The summed E-state index contributed by atoms with van der Waals surface area (Å²) in [5.41, 5.74) is 5.51. The van der Waals surface area contributed by atoms with E-state index in [9.17, 15) is 0 Å². The molecule has 0 aromatic heterocycles. The van der Waals surface area contributed by atoms with E-state index in [1.54, 1.807) is 0 Å². The molecule has 4 N–H and O–H groups in total. The van der Waals surface area contributed by atoms with Crippen LogP contribution in [0.15, 0.2) is 0 Å². The first kappa shape index (κ1) is 8.88. The van der Waals surface area contributed by atoms with Gasteiger partial charge < -0.3 is 16.4 Å². The third-order valence-electron chi connectivity index (χ3n) is 1.08. The van der Waals surface area contributed by atoms with Crippen LogP contribution in [0.1, 0.15) is 13.3 Å². The molecule has 0 aliphatic carbocycles. The van der Waals surface area contributed by atoms with Gasteiger partial charge in [0.1, 0.15) is 0 Å². The van der Waals surface area contributed by atoms with Gasteiger partial charge in [0.15, 0.2) is 0 Å². The van der Waals surface area contributed by atoms with Crippen molar-refractivity contribution in [3.05, 3.63) is 0 Å². The number of rotatable bonds is 5. The number of nitrogens with one attached hydrogen (secondary N) is 2. The standard InChI is InChI=1S/C6H17N3/c1-6(7)3-4-9-5-8-2/h6,8-9H,3-5,7H2,1-2H3. The second kappa shape index (κ2) is 6.01. The van der Waals surface area contributed by atoms with Gasteiger partial charge in [0, 0.05) is 12.7 Å². The van der Waals surface area contributed by atoms with Crippen molar-refractivity contribution in [2.75, 3.05) is 20.3 Å². The molecule has 0 aliphatic heterocycles. The van der Waals surface area contributed by atoms with Crippen molar-refractivity contribution >= 4 is 0 Å². The lowest BCUT2D eigenvalue weighted by molar-refractivity contribution is 0.567. The van der Waals surface area contributed by atoms with Crippen LogP contribution in [0.2, 0.25) is 0 Å². The lowest BCUT2D eigenvalue weighted by Crippen LogP contribution is -2.30. The van der Waals surface area contributed by atoms with Crippen LogP contribution in [-0.4, -0.2) is 26.3 Å². The predicted molar refractivity (Wildman–Crippen MR) is 40.2 cm³/mol. The van der Waals surface area contributed by atoms with Crippen LogP contribution >= 0.6 is 0 Å². The predicted octanol–water partition coefficient (Wildman–Crippen LogP) is -0.510. The quantitative estimate of drug-likeness (QED) is 0.348. The second-order valence-electron chi connectivity index (χ2n) is 2.30. The summed E-state index contributed by atoms with van der Waals surface area (Å²) in [6, 6.07) is 0.314. The van der Waals surface area contributed by atoms with E-state index >= 15 is 0 Å². The van der Waals surface area contributed by atoms with Crippen molar-refractivity contribution in [2.45, 2.75) is 19.4 Å². The van der Waals surface area contributed by atoms with E-state index in [0.29, 0.717) is 6.04 Å². The minimum atomic E-state index is 0.314. The summed E-state index contributed by atoms with van der Waals surface area (Å²) in [4.78, 5) is 0. The van der Waals surface area contributed by atoms with Crippen LogP contribution in [0.5, 0.6) is 0 Å². The average Bonchev–Trinajstić information content (AvgIpc) is 1.80. The molecule has 0 heterocycles. The molecule has 0 amide bonds. The number of hydrogen-bond donors (Lipinski definition) is 3. The largest absolute Gasteiger partial charge is 0.328 e. The van der Waals surface area contributed by atoms with Crippen LogP contribution in [-0.2, 0) is 0 Å². The van der Waals surface area contributed by atoms with Gasteiger partial charge in [-0.05, 0) is 26.9 Å². The van der Waals surface area contributed by atoms with E-state index in [-0.39, 0.29) is 0 Å². The highest BCUT2D eigenvalue weighted by molar-refractivity contribution is 4.54. The monoisotopic (exact) mass is 131 g/mol. The third kappa shape index (κ3) is 7.88. The molecular weight excluding hydrogens is 114 g/mol. The SMILES string of the molecule is CNCNCCC(C)N. The van der Waals surface area contributed by atoms with Crippen molar-refractivity contribution < 1.29 is 0 Å². The molecule has 0 aliphatic rings. The van der Waals surface area contributed by atoms with E-state index in [4.69, 9.17) is 5.73 Å². The molecule has 1 unspecified atom stereocenters. The van der Waals surface area contributed by atoms with Gasteiger partial charge in [0.25, 0.3) is 0 Å². The Morgan fingerprint density at radius 3 is 2.67 bits per heavy atom. The van der Waals surface area contributed by atoms with Crippen molar-refractivity contribution in [3.63, 3.8) is 0 Å². The number of nitrogens with two attached hydrogens (primary N) is 1. The van der Waals surface area contributed by atoms with Crippen molar-refractivity contribution in [1.82, 2.24) is 10.6 Å². The summed E-state index contributed by atoms with van der Waals surface area (Å²) >= 11 is 0. The molecule has 0 aromatic carbocycles. The molecule has 0 fully saturated rings. The summed E-state index contributed by atoms with van der Waals surface area (Å²) in [6.07, 6.45) is 1.04. The Bertz CT molecular complexity index is 54.3. The lowest BCUT2D eigenvalue weighted by Gasteiger charge is -2.05. The van der Waals surface area contributed by atoms with Gasteiger partial charge >= 0.3 is 0 Å². The van der Waals surface area contributed by atoms with E-state index in [1.807, 2.05) is 14.0 Å². The van der Waals surface area contributed by atoms with Crippen LogP contribution in [0.25, 0.3) is 0 Å². The molecule has 0 spiro atoms. The van der Waals surface area contributed by atoms with E-state index in [2.05, 4.69) is 10.6 Å². The topological polar surface area (TPSA) is 50.1 Å². The number of hydrogen-bond acceptors (Lipinski definition) is 3. The maximum Gasteiger partial charge on any atom is 0.0451 e. The fourth-order valence-electron chi connectivity index (χ4n) is 0.543. The maximum atomic E-state index is 5.51. The smallest absolute Gasteiger partial charge is 0.0451 e. The summed E-state index contributed by atoms with van der Waals surface area (Å²) in [6.45, 7) is 3.88. The van der Waals surface area contributed by atoms with Crippen molar-refractivity contribution in [2.24, 2.45) is 5.73 Å². The fraction of sp³-hybridized carbons (Fsp3) is 1.00. The lowest BCUT2D eigenvalue weighted by atomic mass is 10.2. The highest BCUT2D eigenvalue weighted by Gasteiger charge is 1.90. The highest BCUT2D eigenvalue weighted by atomic mass is 15.0. The molecule has 0 saturated carbocycles. The zero-order chi connectivity index (χ0) is 7.11. The second-order valence-corrected chi connectivity index (χ2v) is 2.30.